The molecule has 2 unspecified atom stereocenters. The normalized spacial score (nSPS) is 24.7. The van der Waals surface area contributed by atoms with Crippen LogP contribution in [0.15, 0.2) is 11.4 Å². The zero-order valence-electron chi connectivity index (χ0n) is 12.0. The molecule has 1 heterocycles. The molecule has 1 N–H and O–H groups in total. The van der Waals surface area contributed by atoms with Crippen LogP contribution in [-0.2, 0) is 6.54 Å². The van der Waals surface area contributed by atoms with Gasteiger partial charge in [0.25, 0.3) is 0 Å². The molecule has 1 fully saturated rings. The van der Waals surface area contributed by atoms with E-state index in [-0.39, 0.29) is 0 Å². The van der Waals surface area contributed by atoms with Crippen LogP contribution >= 0.6 is 11.3 Å². The molecule has 102 valence electrons. The first-order valence-corrected chi connectivity index (χ1v) is 8.29. The summed E-state index contributed by atoms with van der Waals surface area (Å²) >= 11 is 1.89. The second-order valence-corrected chi connectivity index (χ2v) is 7.27. The van der Waals surface area contributed by atoms with Crippen LogP contribution in [0, 0.1) is 18.8 Å². The van der Waals surface area contributed by atoms with E-state index in [1.165, 1.54) is 42.5 Å². The fraction of sp³-hybridized carbons (Fsp3) is 0.750. The predicted molar refractivity (Wildman–Crippen MR) is 81.1 cm³/mol. The molecule has 2 atom stereocenters. The van der Waals surface area contributed by atoms with Crippen molar-refractivity contribution in [1.82, 2.24) is 5.32 Å². The Morgan fingerprint density at radius 2 is 2.22 bits per heavy atom. The summed E-state index contributed by atoms with van der Waals surface area (Å²) < 4.78 is 0. The molecule has 18 heavy (non-hydrogen) atoms. The lowest BCUT2D eigenvalue weighted by Gasteiger charge is -2.30. The van der Waals surface area contributed by atoms with Gasteiger partial charge in [-0.3, -0.25) is 0 Å². The molecular formula is C16H27NS. The van der Waals surface area contributed by atoms with Gasteiger partial charge in [0.05, 0.1) is 0 Å². The summed E-state index contributed by atoms with van der Waals surface area (Å²) in [7, 11) is 0. The van der Waals surface area contributed by atoms with Gasteiger partial charge in [0, 0.05) is 17.5 Å². The Morgan fingerprint density at radius 3 is 2.89 bits per heavy atom. The van der Waals surface area contributed by atoms with Crippen molar-refractivity contribution in [3.05, 3.63) is 21.9 Å². The van der Waals surface area contributed by atoms with E-state index in [1.54, 1.807) is 0 Å². The molecule has 1 nitrogen and oxygen atoms in total. The van der Waals surface area contributed by atoms with Gasteiger partial charge in [-0.25, -0.2) is 0 Å². The highest BCUT2D eigenvalue weighted by Gasteiger charge is 2.22. The van der Waals surface area contributed by atoms with Gasteiger partial charge < -0.3 is 5.32 Å². The quantitative estimate of drug-likeness (QED) is 0.810. The topological polar surface area (TPSA) is 12.0 Å². The third-order valence-corrected chi connectivity index (χ3v) is 5.13. The van der Waals surface area contributed by atoms with Gasteiger partial charge in [0.1, 0.15) is 0 Å². The highest BCUT2D eigenvalue weighted by molar-refractivity contribution is 7.10. The Kier molecular flexibility index (Phi) is 5.25. The first kappa shape index (κ1) is 14.1. The average molecular weight is 265 g/mol. The van der Waals surface area contributed by atoms with Crippen LogP contribution < -0.4 is 5.32 Å². The lowest BCUT2D eigenvalue weighted by molar-refractivity contribution is 0.252. The predicted octanol–water partition coefficient (Wildman–Crippen LogP) is 4.75. The molecule has 1 aromatic rings. The van der Waals surface area contributed by atoms with Crippen molar-refractivity contribution >= 4 is 11.3 Å². The van der Waals surface area contributed by atoms with Crippen LogP contribution in [0.1, 0.15) is 56.4 Å². The van der Waals surface area contributed by atoms with Gasteiger partial charge in [-0.2, -0.15) is 0 Å². The van der Waals surface area contributed by atoms with E-state index in [9.17, 15) is 0 Å². The number of hydrogen-bond donors (Lipinski definition) is 1. The molecule has 2 heteroatoms. The summed E-state index contributed by atoms with van der Waals surface area (Å²) in [6.45, 7) is 8.00. The fourth-order valence-electron chi connectivity index (χ4n) is 3.18. The van der Waals surface area contributed by atoms with Crippen molar-refractivity contribution in [3.63, 3.8) is 0 Å². The van der Waals surface area contributed by atoms with Gasteiger partial charge in [-0.15, -0.1) is 11.3 Å². The molecule has 0 spiro atoms. The average Bonchev–Trinajstić information content (AvgIpc) is 2.72. The summed E-state index contributed by atoms with van der Waals surface area (Å²) in [5.41, 5.74) is 1.45. The summed E-state index contributed by atoms with van der Waals surface area (Å²) in [6.07, 6.45) is 7.05. The maximum atomic E-state index is 3.78. The summed E-state index contributed by atoms with van der Waals surface area (Å²) in [5, 5.41) is 5.98. The lowest BCUT2D eigenvalue weighted by Crippen LogP contribution is -2.34. The van der Waals surface area contributed by atoms with Gasteiger partial charge in [0.15, 0.2) is 0 Å². The molecule has 1 aliphatic rings. The first-order chi connectivity index (χ1) is 8.65. The Balaban J connectivity index is 1.77. The van der Waals surface area contributed by atoms with Crippen LogP contribution in [0.4, 0.5) is 0 Å². The van der Waals surface area contributed by atoms with Crippen LogP contribution in [0.3, 0.4) is 0 Å². The molecule has 0 bridgehead atoms. The molecule has 1 saturated carbocycles. The maximum Gasteiger partial charge on any atom is 0.0304 e. The summed E-state index contributed by atoms with van der Waals surface area (Å²) in [4.78, 5) is 1.51. The SMILES string of the molecule is Cc1ccsc1CNC1CCCC(CC(C)C)C1. The number of thiophene rings is 1. The maximum absolute atomic E-state index is 3.78. The highest BCUT2D eigenvalue weighted by atomic mass is 32.1. The van der Waals surface area contributed by atoms with E-state index >= 15 is 0 Å². The van der Waals surface area contributed by atoms with E-state index in [0.717, 1.165) is 24.4 Å². The molecule has 1 aliphatic carbocycles. The molecule has 0 saturated heterocycles. The van der Waals surface area contributed by atoms with E-state index in [1.807, 2.05) is 11.3 Å². The van der Waals surface area contributed by atoms with Gasteiger partial charge in [0.2, 0.25) is 0 Å². The Hall–Kier alpha value is -0.340. The van der Waals surface area contributed by atoms with Crippen molar-refractivity contribution in [2.45, 2.75) is 65.5 Å². The van der Waals surface area contributed by atoms with Crippen molar-refractivity contribution in [2.75, 3.05) is 0 Å². The molecular weight excluding hydrogens is 238 g/mol. The van der Waals surface area contributed by atoms with Crippen molar-refractivity contribution in [3.8, 4) is 0 Å². The monoisotopic (exact) mass is 265 g/mol. The largest absolute Gasteiger partial charge is 0.309 e. The Bertz CT molecular complexity index is 356. The number of nitrogens with one attached hydrogen (secondary N) is 1. The van der Waals surface area contributed by atoms with Gasteiger partial charge in [-0.1, -0.05) is 26.7 Å². The van der Waals surface area contributed by atoms with Crippen LogP contribution in [-0.4, -0.2) is 6.04 Å². The zero-order chi connectivity index (χ0) is 13.0. The fourth-order valence-corrected chi connectivity index (χ4v) is 4.04. The van der Waals surface area contributed by atoms with Crippen LogP contribution in [0.2, 0.25) is 0 Å². The molecule has 2 rings (SSSR count). The molecule has 0 aliphatic heterocycles. The Morgan fingerprint density at radius 1 is 1.39 bits per heavy atom. The van der Waals surface area contributed by atoms with E-state index in [0.29, 0.717) is 0 Å². The van der Waals surface area contributed by atoms with Crippen molar-refractivity contribution in [2.24, 2.45) is 11.8 Å². The van der Waals surface area contributed by atoms with E-state index in [4.69, 9.17) is 0 Å². The van der Waals surface area contributed by atoms with Crippen molar-refractivity contribution in [1.29, 1.82) is 0 Å². The summed E-state index contributed by atoms with van der Waals surface area (Å²) in [5.74, 6) is 1.81. The minimum absolute atomic E-state index is 0.754. The number of hydrogen-bond acceptors (Lipinski definition) is 2. The molecule has 1 aromatic heterocycles. The molecule has 0 radical (unpaired) electrons. The zero-order valence-corrected chi connectivity index (χ0v) is 12.9. The number of aryl methyl sites for hydroxylation is 1. The van der Waals surface area contributed by atoms with Gasteiger partial charge in [-0.05, 0) is 55.0 Å². The minimum atomic E-state index is 0.754. The first-order valence-electron chi connectivity index (χ1n) is 7.41. The van der Waals surface area contributed by atoms with Crippen LogP contribution in [0.5, 0.6) is 0 Å². The van der Waals surface area contributed by atoms with E-state index in [2.05, 4.69) is 37.5 Å². The molecule has 0 aromatic carbocycles. The third kappa shape index (κ3) is 4.10. The smallest absolute Gasteiger partial charge is 0.0304 e. The van der Waals surface area contributed by atoms with Crippen LogP contribution in [0.25, 0.3) is 0 Å². The minimum Gasteiger partial charge on any atom is -0.309 e. The lowest BCUT2D eigenvalue weighted by atomic mass is 9.81. The van der Waals surface area contributed by atoms with E-state index < -0.39 is 0 Å². The number of rotatable bonds is 5. The van der Waals surface area contributed by atoms with Crippen molar-refractivity contribution < 1.29 is 0 Å². The third-order valence-electron chi connectivity index (χ3n) is 4.11. The van der Waals surface area contributed by atoms with Gasteiger partial charge >= 0.3 is 0 Å². The highest BCUT2D eigenvalue weighted by Crippen LogP contribution is 2.29. The Labute approximate surface area is 116 Å². The second-order valence-electron chi connectivity index (χ2n) is 6.27. The standard InChI is InChI=1S/C16H27NS/c1-12(2)9-14-5-4-6-15(10-14)17-11-16-13(3)7-8-18-16/h7-8,12,14-15,17H,4-6,9-11H2,1-3H3. The second kappa shape index (κ2) is 6.72. The summed E-state index contributed by atoms with van der Waals surface area (Å²) in [6, 6.07) is 2.98. The molecule has 0 amide bonds.